The van der Waals surface area contributed by atoms with Crippen molar-refractivity contribution in [3.05, 3.63) is 24.3 Å². The summed E-state index contributed by atoms with van der Waals surface area (Å²) < 4.78 is 0. The molecule has 1 N–H and O–H groups in total. The van der Waals surface area contributed by atoms with Crippen LogP contribution in [0.1, 0.15) is 0 Å². The molecule has 4 aliphatic carbocycles. The molecule has 6 atom stereocenters. The molecule has 0 amide bonds. The molecule has 1 aliphatic heterocycles. The maximum Gasteiger partial charge on any atom is -0.00112 e. The van der Waals surface area contributed by atoms with Crippen molar-refractivity contribution in [3.8, 4) is 0 Å². The van der Waals surface area contributed by atoms with Crippen LogP contribution >= 0.6 is 12.4 Å². The molecular weight excluding hydrogens is 194 g/mol. The maximum absolute atomic E-state index is 3.57. The van der Waals surface area contributed by atoms with Crippen molar-refractivity contribution in [3.63, 3.8) is 0 Å². The van der Waals surface area contributed by atoms with Gasteiger partial charge in [-0.05, 0) is 48.6 Å². The molecule has 0 aromatic carbocycles. The van der Waals surface area contributed by atoms with Crippen LogP contribution in [0.3, 0.4) is 0 Å². The summed E-state index contributed by atoms with van der Waals surface area (Å²) in [5.74, 6) is 5.50. The highest BCUT2D eigenvalue weighted by Crippen LogP contribution is 2.56. The molecule has 0 aromatic heterocycles. The molecule has 1 heterocycles. The van der Waals surface area contributed by atoms with Crippen LogP contribution < -0.4 is 5.32 Å². The van der Waals surface area contributed by atoms with Crippen LogP contribution in [0.25, 0.3) is 0 Å². The average molecular weight is 210 g/mol. The lowest BCUT2D eigenvalue weighted by molar-refractivity contribution is 0.0672. The minimum atomic E-state index is 0. The van der Waals surface area contributed by atoms with Crippen LogP contribution in [-0.4, -0.2) is 13.1 Å². The fraction of sp³-hybridized carbons (Fsp3) is 0.667. The van der Waals surface area contributed by atoms with E-state index < -0.39 is 0 Å². The Kier molecular flexibility index (Phi) is 1.84. The van der Waals surface area contributed by atoms with Gasteiger partial charge < -0.3 is 5.32 Å². The van der Waals surface area contributed by atoms with Crippen molar-refractivity contribution in [2.24, 2.45) is 35.5 Å². The number of hydrogen-bond donors (Lipinski definition) is 1. The summed E-state index contributed by atoms with van der Waals surface area (Å²) in [6.07, 6.45) is 9.90. The number of allylic oxidation sites excluding steroid dienone is 4. The fourth-order valence-corrected chi connectivity index (χ4v) is 4.07. The molecule has 76 valence electrons. The first-order chi connectivity index (χ1) is 6.45. The van der Waals surface area contributed by atoms with E-state index in [4.69, 9.17) is 0 Å². The molecule has 5 rings (SSSR count). The largest absolute Gasteiger partial charge is 0.316 e. The molecular formula is C12H16ClN. The summed E-state index contributed by atoms with van der Waals surface area (Å²) in [6, 6.07) is 0. The van der Waals surface area contributed by atoms with Crippen molar-refractivity contribution < 1.29 is 0 Å². The predicted octanol–water partition coefficient (Wildman–Crippen LogP) is 1.86. The normalized spacial score (nSPS) is 56.0. The van der Waals surface area contributed by atoms with Gasteiger partial charge in [0.15, 0.2) is 0 Å². The van der Waals surface area contributed by atoms with Gasteiger partial charge in [-0.2, -0.15) is 0 Å². The molecule has 2 fully saturated rings. The van der Waals surface area contributed by atoms with E-state index >= 15 is 0 Å². The first-order valence-corrected chi connectivity index (χ1v) is 5.52. The zero-order valence-corrected chi connectivity index (χ0v) is 8.91. The van der Waals surface area contributed by atoms with E-state index in [1.165, 1.54) is 13.1 Å². The van der Waals surface area contributed by atoms with Crippen LogP contribution in [0, 0.1) is 35.5 Å². The predicted molar refractivity (Wildman–Crippen MR) is 59.3 cm³/mol. The monoisotopic (exact) mass is 209 g/mol. The van der Waals surface area contributed by atoms with Crippen LogP contribution in [0.2, 0.25) is 0 Å². The molecule has 0 spiro atoms. The number of rotatable bonds is 0. The first kappa shape index (κ1) is 8.99. The first-order valence-electron chi connectivity index (χ1n) is 5.52. The topological polar surface area (TPSA) is 12.0 Å². The lowest BCUT2D eigenvalue weighted by Crippen LogP contribution is -2.49. The Morgan fingerprint density at radius 1 is 0.714 bits per heavy atom. The fourth-order valence-electron chi connectivity index (χ4n) is 4.07. The molecule has 14 heavy (non-hydrogen) atoms. The van der Waals surface area contributed by atoms with Gasteiger partial charge in [0.25, 0.3) is 0 Å². The van der Waals surface area contributed by atoms with E-state index in [0.717, 1.165) is 35.5 Å². The Bertz CT molecular complexity index is 281. The van der Waals surface area contributed by atoms with Crippen LogP contribution in [0.5, 0.6) is 0 Å². The third-order valence-electron chi connectivity index (χ3n) is 4.74. The van der Waals surface area contributed by atoms with Gasteiger partial charge in [0.1, 0.15) is 0 Å². The molecule has 1 saturated heterocycles. The molecule has 0 aromatic rings. The SMILES string of the molecule is C1=CC2C1C1C=CC2C2CNCC12.Cl. The van der Waals surface area contributed by atoms with E-state index in [9.17, 15) is 0 Å². The van der Waals surface area contributed by atoms with Gasteiger partial charge >= 0.3 is 0 Å². The van der Waals surface area contributed by atoms with Crippen molar-refractivity contribution in [2.45, 2.75) is 0 Å². The Balaban J connectivity index is 0.000000640. The second-order valence-electron chi connectivity index (χ2n) is 5.07. The Morgan fingerprint density at radius 3 is 1.57 bits per heavy atom. The molecule has 2 heteroatoms. The zero-order chi connectivity index (χ0) is 8.41. The minimum absolute atomic E-state index is 0. The lowest BCUT2D eigenvalue weighted by Gasteiger charge is -2.53. The molecule has 2 bridgehead atoms. The Morgan fingerprint density at radius 2 is 1.14 bits per heavy atom. The maximum atomic E-state index is 3.57. The Labute approximate surface area is 91.1 Å². The summed E-state index contributed by atoms with van der Waals surface area (Å²) in [4.78, 5) is 0. The standard InChI is InChI=1S/C12H15N.ClH/c1-2-8-7(1)9-3-4-10(8)12-6-13-5-11(9)12;/h1-4,7-13H,5-6H2;1H. The van der Waals surface area contributed by atoms with E-state index in [0.29, 0.717) is 0 Å². The van der Waals surface area contributed by atoms with Crippen molar-refractivity contribution >= 4 is 12.4 Å². The van der Waals surface area contributed by atoms with Gasteiger partial charge in [0.05, 0.1) is 0 Å². The van der Waals surface area contributed by atoms with Gasteiger partial charge in [-0.1, -0.05) is 24.3 Å². The minimum Gasteiger partial charge on any atom is -0.316 e. The van der Waals surface area contributed by atoms with Gasteiger partial charge in [0, 0.05) is 0 Å². The second-order valence-corrected chi connectivity index (χ2v) is 5.07. The second kappa shape index (κ2) is 2.86. The van der Waals surface area contributed by atoms with Crippen molar-refractivity contribution in [2.75, 3.05) is 13.1 Å². The van der Waals surface area contributed by atoms with E-state index in [2.05, 4.69) is 29.6 Å². The average Bonchev–Trinajstić information content (AvgIpc) is 2.53. The Hall–Kier alpha value is -0.270. The third-order valence-corrected chi connectivity index (χ3v) is 4.74. The summed E-state index contributed by atoms with van der Waals surface area (Å²) >= 11 is 0. The van der Waals surface area contributed by atoms with Gasteiger partial charge in [-0.3, -0.25) is 0 Å². The highest BCUT2D eigenvalue weighted by molar-refractivity contribution is 5.85. The number of hydrogen-bond acceptors (Lipinski definition) is 1. The smallest absolute Gasteiger partial charge is 0.00112 e. The van der Waals surface area contributed by atoms with E-state index in [1.807, 2.05) is 0 Å². The van der Waals surface area contributed by atoms with Crippen LogP contribution in [-0.2, 0) is 0 Å². The molecule has 5 aliphatic rings. The summed E-state index contributed by atoms with van der Waals surface area (Å²) in [6.45, 7) is 2.54. The number of halogens is 1. The molecule has 1 nitrogen and oxygen atoms in total. The van der Waals surface area contributed by atoms with E-state index in [-0.39, 0.29) is 12.4 Å². The molecule has 6 unspecified atom stereocenters. The quantitative estimate of drug-likeness (QED) is 0.601. The summed E-state index contributed by atoms with van der Waals surface area (Å²) in [5.41, 5.74) is 0. The van der Waals surface area contributed by atoms with Crippen molar-refractivity contribution in [1.82, 2.24) is 5.32 Å². The summed E-state index contributed by atoms with van der Waals surface area (Å²) in [7, 11) is 0. The lowest BCUT2D eigenvalue weighted by atomic mass is 9.50. The van der Waals surface area contributed by atoms with Crippen LogP contribution in [0.4, 0.5) is 0 Å². The van der Waals surface area contributed by atoms with Gasteiger partial charge in [-0.15, -0.1) is 12.4 Å². The summed E-state index contributed by atoms with van der Waals surface area (Å²) in [5, 5.41) is 3.57. The highest BCUT2D eigenvalue weighted by Gasteiger charge is 2.53. The molecule has 0 radical (unpaired) electrons. The highest BCUT2D eigenvalue weighted by atomic mass is 35.5. The third kappa shape index (κ3) is 0.856. The zero-order valence-electron chi connectivity index (χ0n) is 8.10. The van der Waals surface area contributed by atoms with Crippen molar-refractivity contribution in [1.29, 1.82) is 0 Å². The molecule has 1 saturated carbocycles. The van der Waals surface area contributed by atoms with Gasteiger partial charge in [0.2, 0.25) is 0 Å². The van der Waals surface area contributed by atoms with E-state index in [1.54, 1.807) is 0 Å². The van der Waals surface area contributed by atoms with Crippen LogP contribution in [0.15, 0.2) is 24.3 Å². The number of nitrogens with one attached hydrogen (secondary N) is 1. The van der Waals surface area contributed by atoms with Gasteiger partial charge in [-0.25, -0.2) is 0 Å².